The van der Waals surface area contributed by atoms with Gasteiger partial charge in [-0.3, -0.25) is 0 Å². The zero-order chi connectivity index (χ0) is 10.6. The fraction of sp³-hybridized carbons (Fsp3) is 0.500. The van der Waals surface area contributed by atoms with Gasteiger partial charge in [-0.1, -0.05) is 34.9 Å². The highest BCUT2D eigenvalue weighted by Gasteiger charge is 2.40. The van der Waals surface area contributed by atoms with Crippen LogP contribution in [0.15, 0.2) is 29.0 Å². The molecule has 1 heterocycles. The third-order valence-corrected chi connectivity index (χ3v) is 2.47. The number of quaternary nitrogens is 1. The maximum Gasteiger partial charge on any atom is 0.152 e. The van der Waals surface area contributed by atoms with Crippen molar-refractivity contribution in [3.8, 4) is 0 Å². The Bertz CT molecular complexity index is 364. The van der Waals surface area contributed by atoms with E-state index in [1.807, 2.05) is 26.2 Å². The summed E-state index contributed by atoms with van der Waals surface area (Å²) in [7, 11) is 3.65. The molecule has 4 nitrogen and oxygen atoms in total. The first kappa shape index (κ1) is 9.43. The summed E-state index contributed by atoms with van der Waals surface area (Å²) in [5.74, 6) is 0. The third kappa shape index (κ3) is 1.27. The van der Waals surface area contributed by atoms with E-state index in [0.717, 1.165) is 11.4 Å². The van der Waals surface area contributed by atoms with Gasteiger partial charge in [0.2, 0.25) is 0 Å². The van der Waals surface area contributed by atoms with E-state index < -0.39 is 0 Å². The Hall–Kier alpha value is -1.13. The van der Waals surface area contributed by atoms with Gasteiger partial charge in [-0.25, -0.2) is 5.21 Å². The van der Waals surface area contributed by atoms with Crippen LogP contribution in [0, 0.1) is 5.41 Å². The van der Waals surface area contributed by atoms with Gasteiger partial charge in [0, 0.05) is 5.41 Å². The molecule has 0 spiro atoms. The minimum absolute atomic E-state index is 0.0142. The molecule has 1 N–H and O–H groups in total. The van der Waals surface area contributed by atoms with Gasteiger partial charge >= 0.3 is 0 Å². The molecule has 0 saturated carbocycles. The summed E-state index contributed by atoms with van der Waals surface area (Å²) in [6, 6.07) is 0. The zero-order valence-corrected chi connectivity index (χ0v) is 9.02. The third-order valence-electron chi connectivity index (χ3n) is 2.47. The highest BCUT2D eigenvalue weighted by atomic mass is 16.6. The number of hydrogen-bond acceptors (Lipinski definition) is 3. The van der Waals surface area contributed by atoms with E-state index >= 15 is 0 Å². The quantitative estimate of drug-likeness (QED) is 0.593. The predicted molar refractivity (Wildman–Crippen MR) is 54.2 cm³/mol. The molecule has 14 heavy (non-hydrogen) atoms. The minimum atomic E-state index is -0.0142. The Kier molecular flexibility index (Phi) is 1.66. The van der Waals surface area contributed by atoms with Gasteiger partial charge in [0.15, 0.2) is 11.4 Å². The number of rotatable bonds is 0. The lowest BCUT2D eigenvalue weighted by Crippen LogP contribution is -2.44. The van der Waals surface area contributed by atoms with Gasteiger partial charge < -0.3 is 0 Å². The second-order valence-electron chi connectivity index (χ2n) is 4.80. The SMILES string of the molecule is CC1(C)C=CC2=N[N+](C)(C)N(O)C2=C1. The van der Waals surface area contributed by atoms with Crippen LogP contribution in [0.5, 0.6) is 0 Å². The predicted octanol–water partition coefficient (Wildman–Crippen LogP) is 1.52. The molecule has 0 amide bonds. The van der Waals surface area contributed by atoms with E-state index in [0.29, 0.717) is 0 Å². The summed E-state index contributed by atoms with van der Waals surface area (Å²) in [6.07, 6.45) is 6.08. The molecule has 1 aliphatic heterocycles. The lowest BCUT2D eigenvalue weighted by molar-refractivity contribution is -1.03. The zero-order valence-electron chi connectivity index (χ0n) is 9.02. The van der Waals surface area contributed by atoms with Crippen LogP contribution in [0.25, 0.3) is 0 Å². The van der Waals surface area contributed by atoms with Gasteiger partial charge in [-0.05, 0) is 12.2 Å². The molecule has 1 aliphatic carbocycles. The highest BCUT2D eigenvalue weighted by Crippen LogP contribution is 2.32. The molecule has 0 saturated heterocycles. The van der Waals surface area contributed by atoms with E-state index in [1.54, 1.807) is 0 Å². The fourth-order valence-corrected chi connectivity index (χ4v) is 1.67. The van der Waals surface area contributed by atoms with Crippen molar-refractivity contribution >= 4 is 5.71 Å². The molecule has 0 unspecified atom stereocenters. The van der Waals surface area contributed by atoms with Gasteiger partial charge in [0.25, 0.3) is 0 Å². The van der Waals surface area contributed by atoms with Crippen molar-refractivity contribution in [2.24, 2.45) is 10.5 Å². The van der Waals surface area contributed by atoms with E-state index in [4.69, 9.17) is 0 Å². The van der Waals surface area contributed by atoms with Gasteiger partial charge in [0.05, 0.1) is 0 Å². The topological polar surface area (TPSA) is 35.8 Å². The lowest BCUT2D eigenvalue weighted by atomic mass is 9.87. The Morgan fingerprint density at radius 1 is 1.43 bits per heavy atom. The molecule has 0 radical (unpaired) electrons. The van der Waals surface area contributed by atoms with Crippen LogP contribution < -0.4 is 0 Å². The first-order valence-electron chi connectivity index (χ1n) is 4.68. The lowest BCUT2D eigenvalue weighted by Gasteiger charge is -2.26. The standard InChI is InChI=1S/C10H16N3O/c1-10(2)6-5-8-9(7-10)12(14)13(3,4)11-8/h5-7,14H,1-4H3/q+1. The maximum atomic E-state index is 9.87. The van der Waals surface area contributed by atoms with E-state index in [-0.39, 0.29) is 10.1 Å². The van der Waals surface area contributed by atoms with Crippen LogP contribution in [-0.4, -0.2) is 34.9 Å². The molecular formula is C10H16N3O+. The van der Waals surface area contributed by atoms with Gasteiger partial charge in [-0.15, -0.1) is 0 Å². The Morgan fingerprint density at radius 2 is 2.07 bits per heavy atom. The van der Waals surface area contributed by atoms with Crippen molar-refractivity contribution in [2.45, 2.75) is 13.8 Å². The second-order valence-corrected chi connectivity index (χ2v) is 4.80. The summed E-state index contributed by atoms with van der Waals surface area (Å²) in [5.41, 5.74) is 1.62. The van der Waals surface area contributed by atoms with Crippen molar-refractivity contribution in [1.82, 2.24) is 5.17 Å². The van der Waals surface area contributed by atoms with Crippen LogP contribution in [-0.2, 0) is 0 Å². The Labute approximate surface area is 83.9 Å². The van der Waals surface area contributed by atoms with Crippen molar-refractivity contribution < 1.29 is 9.91 Å². The molecule has 0 fully saturated rings. The Morgan fingerprint density at radius 3 is 2.71 bits per heavy atom. The normalized spacial score (nSPS) is 27.1. The molecule has 0 atom stereocenters. The van der Waals surface area contributed by atoms with Crippen molar-refractivity contribution in [3.63, 3.8) is 0 Å². The van der Waals surface area contributed by atoms with Crippen LogP contribution in [0.3, 0.4) is 0 Å². The van der Waals surface area contributed by atoms with Crippen molar-refractivity contribution in [3.05, 3.63) is 23.9 Å². The van der Waals surface area contributed by atoms with Crippen molar-refractivity contribution in [2.75, 3.05) is 14.1 Å². The van der Waals surface area contributed by atoms with E-state index in [2.05, 4.69) is 25.0 Å². The van der Waals surface area contributed by atoms with Crippen LogP contribution in [0.4, 0.5) is 0 Å². The number of nitrogens with zero attached hydrogens (tertiary/aromatic N) is 3. The van der Waals surface area contributed by atoms with Crippen LogP contribution in [0.2, 0.25) is 0 Å². The molecule has 0 aromatic rings. The van der Waals surface area contributed by atoms with E-state index in [9.17, 15) is 5.21 Å². The van der Waals surface area contributed by atoms with Gasteiger partial charge in [0.1, 0.15) is 14.1 Å². The smallest absolute Gasteiger partial charge is 0.152 e. The van der Waals surface area contributed by atoms with Crippen molar-refractivity contribution in [1.29, 1.82) is 0 Å². The molecular weight excluding hydrogens is 178 g/mol. The average Bonchev–Trinajstić information content (AvgIpc) is 2.25. The van der Waals surface area contributed by atoms with Gasteiger partial charge in [-0.2, -0.15) is 0 Å². The summed E-state index contributed by atoms with van der Waals surface area (Å²) in [4.78, 5) is 0. The largest absolute Gasteiger partial charge is 0.242 e. The molecule has 0 bridgehead atoms. The number of hydroxylamine groups is 1. The molecule has 76 valence electrons. The first-order chi connectivity index (χ1) is 6.32. The first-order valence-corrected chi connectivity index (χ1v) is 4.68. The number of allylic oxidation sites excluding steroid dienone is 3. The molecule has 4 heteroatoms. The average molecular weight is 194 g/mol. The highest BCUT2D eigenvalue weighted by molar-refractivity contribution is 6.09. The molecule has 0 aromatic heterocycles. The summed E-state index contributed by atoms with van der Waals surface area (Å²) in [5, 5.41) is 15.4. The summed E-state index contributed by atoms with van der Waals surface area (Å²) in [6.45, 7) is 4.19. The fourth-order valence-electron chi connectivity index (χ4n) is 1.67. The Balaban J connectivity index is 2.47. The van der Waals surface area contributed by atoms with Crippen LogP contribution in [0.1, 0.15) is 13.8 Å². The summed E-state index contributed by atoms with van der Waals surface area (Å²) >= 11 is 0. The minimum Gasteiger partial charge on any atom is -0.242 e. The second kappa shape index (κ2) is 2.46. The number of fused-ring (bicyclic) bond motifs is 1. The maximum absolute atomic E-state index is 9.87. The summed E-state index contributed by atoms with van der Waals surface area (Å²) < 4.78 is 0.113. The molecule has 2 aliphatic rings. The number of hydrogen-bond donors (Lipinski definition) is 1. The molecule has 0 aromatic carbocycles. The molecule has 2 rings (SSSR count). The monoisotopic (exact) mass is 194 g/mol. The van der Waals surface area contributed by atoms with Crippen LogP contribution >= 0.6 is 0 Å². The van der Waals surface area contributed by atoms with E-state index in [1.165, 1.54) is 5.17 Å².